The predicted octanol–water partition coefficient (Wildman–Crippen LogP) is 6.90. The van der Waals surface area contributed by atoms with E-state index in [2.05, 4.69) is 48.6 Å². The zero-order valence-electron chi connectivity index (χ0n) is 19.7. The number of hydrogen-bond acceptors (Lipinski definition) is 4. The fourth-order valence-electron chi connectivity index (χ4n) is 3.77. The molecule has 0 amide bonds. The number of methoxy groups -OCH3 is 1. The van der Waals surface area contributed by atoms with Crippen molar-refractivity contribution < 1.29 is 14.2 Å². The van der Waals surface area contributed by atoms with Crippen LogP contribution in [0.25, 0.3) is 0 Å². The molecule has 1 N–H and O–H groups in total. The van der Waals surface area contributed by atoms with E-state index in [1.165, 1.54) is 0 Å². The van der Waals surface area contributed by atoms with Gasteiger partial charge in [-0.05, 0) is 66.4 Å². The molecule has 34 heavy (non-hydrogen) atoms. The Kier molecular flexibility index (Phi) is 8.07. The van der Waals surface area contributed by atoms with Gasteiger partial charge in [0.05, 0.1) is 7.11 Å². The Labute approximate surface area is 202 Å². The van der Waals surface area contributed by atoms with Gasteiger partial charge < -0.3 is 19.5 Å². The Hall–Kier alpha value is -3.92. The zero-order valence-corrected chi connectivity index (χ0v) is 19.7. The van der Waals surface area contributed by atoms with E-state index < -0.39 is 0 Å². The van der Waals surface area contributed by atoms with Crippen LogP contribution < -0.4 is 19.5 Å². The molecule has 0 aliphatic carbocycles. The van der Waals surface area contributed by atoms with Crippen LogP contribution in [0.4, 0.5) is 5.69 Å². The quantitative estimate of drug-likeness (QED) is 0.268. The Balaban J connectivity index is 1.46. The highest BCUT2D eigenvalue weighted by molar-refractivity contribution is 5.47. The minimum absolute atomic E-state index is 0.222. The largest absolute Gasteiger partial charge is 0.497 e. The fourth-order valence-corrected chi connectivity index (χ4v) is 3.77. The lowest BCUT2D eigenvalue weighted by Crippen LogP contribution is -2.18. The number of anilines is 1. The van der Waals surface area contributed by atoms with Gasteiger partial charge in [-0.2, -0.15) is 0 Å². The van der Waals surface area contributed by atoms with E-state index in [1.807, 2.05) is 66.7 Å². The van der Waals surface area contributed by atoms with Gasteiger partial charge >= 0.3 is 0 Å². The summed E-state index contributed by atoms with van der Waals surface area (Å²) in [5.41, 5.74) is 4.48. The summed E-state index contributed by atoms with van der Waals surface area (Å²) in [5, 5.41) is 3.56. The number of benzene rings is 4. The lowest BCUT2D eigenvalue weighted by atomic mass is 10.1. The van der Waals surface area contributed by atoms with Crippen LogP contribution in [-0.4, -0.2) is 13.2 Å². The van der Waals surface area contributed by atoms with Crippen LogP contribution in [0.3, 0.4) is 0 Å². The molecule has 0 radical (unpaired) electrons. The molecule has 4 aromatic carbocycles. The Morgan fingerprint density at radius 3 is 1.65 bits per heavy atom. The first-order valence-electron chi connectivity index (χ1n) is 11.6. The van der Waals surface area contributed by atoms with Gasteiger partial charge in [-0.1, -0.05) is 60.7 Å². The first kappa shape index (κ1) is 23.2. The molecule has 4 rings (SSSR count). The van der Waals surface area contributed by atoms with E-state index in [0.717, 1.165) is 46.0 Å². The smallest absolute Gasteiger partial charge is 0.123 e. The summed E-state index contributed by atoms with van der Waals surface area (Å²) < 4.78 is 17.5. The molecule has 0 heterocycles. The average molecular weight is 454 g/mol. The highest BCUT2D eigenvalue weighted by atomic mass is 16.5. The summed E-state index contributed by atoms with van der Waals surface area (Å²) in [6.07, 6.45) is 0.830. The molecule has 4 aromatic rings. The molecule has 4 nitrogen and oxygen atoms in total. The van der Waals surface area contributed by atoms with Crippen molar-refractivity contribution >= 4 is 5.69 Å². The van der Waals surface area contributed by atoms with Gasteiger partial charge in [0, 0.05) is 17.8 Å². The Morgan fingerprint density at radius 1 is 0.618 bits per heavy atom. The van der Waals surface area contributed by atoms with E-state index >= 15 is 0 Å². The van der Waals surface area contributed by atoms with Crippen molar-refractivity contribution in [3.63, 3.8) is 0 Å². The normalized spacial score (nSPS) is 11.5. The van der Waals surface area contributed by atoms with Gasteiger partial charge in [-0.15, -0.1) is 0 Å². The second kappa shape index (κ2) is 11.8. The number of hydrogen-bond donors (Lipinski definition) is 1. The molecule has 1 atom stereocenters. The van der Waals surface area contributed by atoms with Crippen LogP contribution in [0.1, 0.15) is 23.6 Å². The van der Waals surface area contributed by atoms with Gasteiger partial charge in [0.2, 0.25) is 0 Å². The highest BCUT2D eigenvalue weighted by Gasteiger charge is 2.09. The maximum atomic E-state index is 6.14. The van der Waals surface area contributed by atoms with Crippen LogP contribution in [0.15, 0.2) is 103 Å². The molecule has 1 unspecified atom stereocenters. The zero-order chi connectivity index (χ0) is 23.6. The van der Waals surface area contributed by atoms with E-state index in [0.29, 0.717) is 13.2 Å². The third kappa shape index (κ3) is 7.04. The molecule has 0 saturated heterocycles. The minimum atomic E-state index is 0.222. The standard InChI is InChI=1S/C30H31NO3/c1-23(31-27-13-15-28(32-2)16-14-27)17-26-18-29(33-21-24-9-5-3-6-10-24)20-30(19-26)34-22-25-11-7-4-8-12-25/h3-16,18-20,23,31H,17,21-22H2,1-2H3. The number of ether oxygens (including phenoxy) is 3. The van der Waals surface area contributed by atoms with Gasteiger partial charge in [0.1, 0.15) is 30.5 Å². The number of nitrogens with one attached hydrogen (secondary N) is 1. The Morgan fingerprint density at radius 2 is 1.15 bits per heavy atom. The lowest BCUT2D eigenvalue weighted by Gasteiger charge is -2.18. The topological polar surface area (TPSA) is 39.7 Å². The molecule has 0 spiro atoms. The summed E-state index contributed by atoms with van der Waals surface area (Å²) in [6.45, 7) is 3.20. The maximum Gasteiger partial charge on any atom is 0.123 e. The monoisotopic (exact) mass is 453 g/mol. The number of rotatable bonds is 11. The summed E-state index contributed by atoms with van der Waals surface area (Å²) in [7, 11) is 1.68. The molecule has 174 valence electrons. The van der Waals surface area contributed by atoms with Crippen molar-refractivity contribution in [2.75, 3.05) is 12.4 Å². The SMILES string of the molecule is COc1ccc(NC(C)Cc2cc(OCc3ccccc3)cc(OCc3ccccc3)c2)cc1. The fraction of sp³-hybridized carbons (Fsp3) is 0.200. The minimum Gasteiger partial charge on any atom is -0.497 e. The van der Waals surface area contributed by atoms with Crippen LogP contribution in [-0.2, 0) is 19.6 Å². The van der Waals surface area contributed by atoms with Gasteiger partial charge in [-0.3, -0.25) is 0 Å². The lowest BCUT2D eigenvalue weighted by molar-refractivity contribution is 0.289. The van der Waals surface area contributed by atoms with Crippen molar-refractivity contribution in [2.45, 2.75) is 32.6 Å². The maximum absolute atomic E-state index is 6.14. The van der Waals surface area contributed by atoms with Gasteiger partial charge in [0.25, 0.3) is 0 Å². The third-order valence-corrected chi connectivity index (χ3v) is 5.48. The van der Waals surface area contributed by atoms with Gasteiger partial charge in [-0.25, -0.2) is 0 Å². The van der Waals surface area contributed by atoms with Crippen LogP contribution in [0.2, 0.25) is 0 Å². The molecule has 0 fully saturated rings. The molecular weight excluding hydrogens is 422 g/mol. The summed E-state index contributed by atoms with van der Waals surface area (Å²) in [4.78, 5) is 0. The second-order valence-electron chi connectivity index (χ2n) is 8.34. The second-order valence-corrected chi connectivity index (χ2v) is 8.34. The third-order valence-electron chi connectivity index (χ3n) is 5.48. The van der Waals surface area contributed by atoms with Gasteiger partial charge in [0.15, 0.2) is 0 Å². The summed E-state index contributed by atoms with van der Waals surface area (Å²) in [6, 6.07) is 34.8. The Bertz CT molecular complexity index is 1080. The van der Waals surface area contributed by atoms with Crippen LogP contribution in [0.5, 0.6) is 17.2 Å². The van der Waals surface area contributed by atoms with Crippen molar-refractivity contribution in [2.24, 2.45) is 0 Å². The first-order valence-corrected chi connectivity index (χ1v) is 11.6. The first-order chi connectivity index (χ1) is 16.7. The van der Waals surface area contributed by atoms with Crippen LogP contribution in [0, 0.1) is 0 Å². The average Bonchev–Trinajstić information content (AvgIpc) is 2.88. The van der Waals surface area contributed by atoms with Crippen molar-refractivity contribution in [1.29, 1.82) is 0 Å². The molecule has 0 bridgehead atoms. The van der Waals surface area contributed by atoms with E-state index in [1.54, 1.807) is 7.11 Å². The summed E-state index contributed by atoms with van der Waals surface area (Å²) in [5.74, 6) is 2.46. The molecule has 0 aliphatic heterocycles. The van der Waals surface area contributed by atoms with E-state index in [9.17, 15) is 0 Å². The molecule has 0 aliphatic rings. The predicted molar refractivity (Wildman–Crippen MR) is 138 cm³/mol. The molecule has 4 heteroatoms. The van der Waals surface area contributed by atoms with E-state index in [-0.39, 0.29) is 6.04 Å². The molecular formula is C30H31NO3. The van der Waals surface area contributed by atoms with Crippen LogP contribution >= 0.6 is 0 Å². The molecule has 0 aromatic heterocycles. The van der Waals surface area contributed by atoms with Crippen molar-refractivity contribution in [3.05, 3.63) is 120 Å². The van der Waals surface area contributed by atoms with E-state index in [4.69, 9.17) is 14.2 Å². The summed E-state index contributed by atoms with van der Waals surface area (Å²) >= 11 is 0. The molecule has 0 saturated carbocycles. The van der Waals surface area contributed by atoms with Crippen molar-refractivity contribution in [3.8, 4) is 17.2 Å². The van der Waals surface area contributed by atoms with Crippen molar-refractivity contribution in [1.82, 2.24) is 0 Å². The highest BCUT2D eigenvalue weighted by Crippen LogP contribution is 2.26.